The molecule has 1 aliphatic heterocycles. The van der Waals surface area contributed by atoms with Crippen molar-refractivity contribution in [3.63, 3.8) is 0 Å². The van der Waals surface area contributed by atoms with Crippen LogP contribution >= 0.6 is 11.3 Å². The Bertz CT molecular complexity index is 493. The highest BCUT2D eigenvalue weighted by Crippen LogP contribution is 2.46. The predicted molar refractivity (Wildman–Crippen MR) is 85.7 cm³/mol. The van der Waals surface area contributed by atoms with E-state index >= 15 is 0 Å². The molecule has 20 heavy (non-hydrogen) atoms. The van der Waals surface area contributed by atoms with E-state index in [2.05, 4.69) is 28.2 Å². The Kier molecular flexibility index (Phi) is 4.45. The molecule has 0 bridgehead atoms. The maximum Gasteiger partial charge on any atom is 0.0555 e. The van der Waals surface area contributed by atoms with Crippen molar-refractivity contribution in [2.45, 2.75) is 45.1 Å². The molecule has 1 aliphatic carbocycles. The molecule has 1 aromatic rings. The Hall–Kier alpha value is -0.820. The third-order valence-electron chi connectivity index (χ3n) is 4.95. The van der Waals surface area contributed by atoms with Gasteiger partial charge in [-0.2, -0.15) is 0 Å². The van der Waals surface area contributed by atoms with Crippen molar-refractivity contribution in [1.82, 2.24) is 4.90 Å². The first-order valence-electron chi connectivity index (χ1n) is 7.78. The van der Waals surface area contributed by atoms with Gasteiger partial charge in [0.15, 0.2) is 0 Å². The van der Waals surface area contributed by atoms with Crippen LogP contribution < -0.4 is 5.73 Å². The van der Waals surface area contributed by atoms with E-state index in [1.54, 1.807) is 0 Å². The lowest BCUT2D eigenvalue weighted by molar-refractivity contribution is 0.104. The highest BCUT2D eigenvalue weighted by Gasteiger charge is 2.36. The third kappa shape index (κ3) is 3.25. The van der Waals surface area contributed by atoms with Gasteiger partial charge in [-0.05, 0) is 50.3 Å². The van der Waals surface area contributed by atoms with E-state index < -0.39 is 0 Å². The highest BCUT2D eigenvalue weighted by molar-refractivity contribution is 7.10. The summed E-state index contributed by atoms with van der Waals surface area (Å²) in [6, 6.07) is 2.23. The predicted octanol–water partition coefficient (Wildman–Crippen LogP) is 3.21. The van der Waals surface area contributed by atoms with E-state index in [0.717, 1.165) is 17.5 Å². The first-order valence-corrected chi connectivity index (χ1v) is 8.66. The van der Waals surface area contributed by atoms with Crippen molar-refractivity contribution in [3.8, 4) is 11.8 Å². The minimum Gasteiger partial charge on any atom is -0.320 e. The number of likely N-dealkylation sites (tertiary alicyclic amines) is 1. The van der Waals surface area contributed by atoms with Crippen LogP contribution in [0.4, 0.5) is 0 Å². The van der Waals surface area contributed by atoms with Crippen LogP contribution in [0, 0.1) is 17.3 Å². The number of hydrogen-bond acceptors (Lipinski definition) is 3. The maximum atomic E-state index is 5.41. The van der Waals surface area contributed by atoms with Crippen LogP contribution in [-0.2, 0) is 6.54 Å². The summed E-state index contributed by atoms with van der Waals surface area (Å²) in [6.45, 7) is 4.11. The van der Waals surface area contributed by atoms with Crippen molar-refractivity contribution in [3.05, 3.63) is 21.9 Å². The van der Waals surface area contributed by atoms with Gasteiger partial charge >= 0.3 is 0 Å². The summed E-state index contributed by atoms with van der Waals surface area (Å²) < 4.78 is 0. The van der Waals surface area contributed by atoms with Gasteiger partial charge in [-0.3, -0.25) is 4.90 Å². The minimum absolute atomic E-state index is 0.444. The average Bonchev–Trinajstić information content (AvgIpc) is 3.09. The van der Waals surface area contributed by atoms with Crippen LogP contribution in [0.15, 0.2) is 11.4 Å². The van der Waals surface area contributed by atoms with E-state index in [1.807, 2.05) is 11.3 Å². The van der Waals surface area contributed by atoms with Crippen molar-refractivity contribution in [2.75, 3.05) is 19.6 Å². The minimum atomic E-state index is 0.444. The molecule has 2 heterocycles. The first-order chi connectivity index (χ1) is 9.80. The van der Waals surface area contributed by atoms with Crippen LogP contribution in [0.2, 0.25) is 0 Å². The zero-order chi connectivity index (χ0) is 13.8. The molecule has 0 amide bonds. The Balaban J connectivity index is 1.53. The summed E-state index contributed by atoms with van der Waals surface area (Å²) in [5.41, 5.74) is 7.26. The normalized spacial score (nSPS) is 21.9. The Morgan fingerprint density at radius 2 is 1.95 bits per heavy atom. The van der Waals surface area contributed by atoms with Gasteiger partial charge in [-0.25, -0.2) is 0 Å². The van der Waals surface area contributed by atoms with Crippen molar-refractivity contribution in [2.24, 2.45) is 11.1 Å². The Labute approximate surface area is 126 Å². The van der Waals surface area contributed by atoms with Gasteiger partial charge in [-0.15, -0.1) is 11.3 Å². The van der Waals surface area contributed by atoms with Crippen LogP contribution in [0.25, 0.3) is 0 Å². The quantitative estimate of drug-likeness (QED) is 0.847. The maximum absolute atomic E-state index is 5.41. The molecule has 0 unspecified atom stereocenters. The SMILES string of the molecule is NCC#Cc1csc(CN2CCC3(CCCC3)CC2)c1. The lowest BCUT2D eigenvalue weighted by Crippen LogP contribution is -2.38. The van der Waals surface area contributed by atoms with Gasteiger partial charge in [0.1, 0.15) is 0 Å². The second kappa shape index (κ2) is 6.30. The largest absolute Gasteiger partial charge is 0.320 e. The van der Waals surface area contributed by atoms with Crippen molar-refractivity contribution in [1.29, 1.82) is 0 Å². The van der Waals surface area contributed by atoms with Gasteiger partial charge in [0.2, 0.25) is 0 Å². The monoisotopic (exact) mass is 288 g/mol. The lowest BCUT2D eigenvalue weighted by atomic mass is 9.77. The van der Waals surface area contributed by atoms with Crippen LogP contribution in [-0.4, -0.2) is 24.5 Å². The zero-order valence-electron chi connectivity index (χ0n) is 12.2. The number of nitrogens with two attached hydrogens (primary N) is 1. The van der Waals surface area contributed by atoms with Crippen LogP contribution in [0.3, 0.4) is 0 Å². The average molecular weight is 288 g/mol. The molecular weight excluding hydrogens is 264 g/mol. The molecule has 1 aromatic heterocycles. The number of piperidine rings is 1. The summed E-state index contributed by atoms with van der Waals surface area (Å²) >= 11 is 1.83. The fourth-order valence-electron chi connectivity index (χ4n) is 3.71. The smallest absolute Gasteiger partial charge is 0.0555 e. The fraction of sp³-hybridized carbons (Fsp3) is 0.647. The molecule has 1 saturated heterocycles. The van der Waals surface area contributed by atoms with E-state index in [1.165, 1.54) is 56.5 Å². The van der Waals surface area contributed by atoms with Crippen LogP contribution in [0.5, 0.6) is 0 Å². The summed E-state index contributed by atoms with van der Waals surface area (Å²) in [7, 11) is 0. The Morgan fingerprint density at radius 3 is 2.65 bits per heavy atom. The summed E-state index contributed by atoms with van der Waals surface area (Å²) in [6.07, 6.45) is 8.73. The van der Waals surface area contributed by atoms with Gasteiger partial charge in [0.25, 0.3) is 0 Å². The van der Waals surface area contributed by atoms with E-state index in [9.17, 15) is 0 Å². The molecule has 108 valence electrons. The van der Waals surface area contributed by atoms with E-state index in [4.69, 9.17) is 5.73 Å². The first kappa shape index (κ1) is 14.1. The number of thiophene rings is 1. The van der Waals surface area contributed by atoms with Gasteiger partial charge in [0, 0.05) is 22.4 Å². The molecule has 2 nitrogen and oxygen atoms in total. The van der Waals surface area contributed by atoms with Crippen molar-refractivity contribution >= 4 is 11.3 Å². The molecular formula is C17H24N2S. The number of rotatable bonds is 2. The molecule has 2 N–H and O–H groups in total. The third-order valence-corrected chi connectivity index (χ3v) is 5.87. The van der Waals surface area contributed by atoms with Gasteiger partial charge < -0.3 is 5.73 Å². The molecule has 0 radical (unpaired) electrons. The molecule has 2 fully saturated rings. The lowest BCUT2D eigenvalue weighted by Gasteiger charge is -2.39. The molecule has 0 aromatic carbocycles. The molecule has 1 saturated carbocycles. The zero-order valence-corrected chi connectivity index (χ0v) is 13.0. The summed E-state index contributed by atoms with van der Waals surface area (Å²) in [5, 5.41) is 2.15. The van der Waals surface area contributed by atoms with Gasteiger partial charge in [0.05, 0.1) is 6.54 Å². The van der Waals surface area contributed by atoms with E-state index in [0.29, 0.717) is 6.54 Å². The molecule has 1 spiro atoms. The fourth-order valence-corrected chi connectivity index (χ4v) is 4.57. The Morgan fingerprint density at radius 1 is 1.20 bits per heavy atom. The molecule has 0 atom stereocenters. The second-order valence-electron chi connectivity index (χ2n) is 6.29. The van der Waals surface area contributed by atoms with Gasteiger partial charge in [-0.1, -0.05) is 24.7 Å². The summed E-state index contributed by atoms with van der Waals surface area (Å²) in [5.74, 6) is 6.04. The van der Waals surface area contributed by atoms with Crippen molar-refractivity contribution < 1.29 is 0 Å². The van der Waals surface area contributed by atoms with Crippen LogP contribution in [0.1, 0.15) is 49.0 Å². The standard InChI is InChI=1S/C17H24N2S/c18-9-3-4-15-12-16(20-14-15)13-19-10-7-17(8-11-19)5-1-2-6-17/h12,14H,1-2,5-11,13,18H2. The number of hydrogen-bond donors (Lipinski definition) is 1. The molecule has 3 heteroatoms. The highest BCUT2D eigenvalue weighted by atomic mass is 32.1. The number of nitrogens with zero attached hydrogens (tertiary/aromatic N) is 1. The van der Waals surface area contributed by atoms with E-state index in [-0.39, 0.29) is 0 Å². The topological polar surface area (TPSA) is 29.3 Å². The molecule has 3 rings (SSSR count). The second-order valence-corrected chi connectivity index (χ2v) is 7.29. The summed E-state index contributed by atoms with van der Waals surface area (Å²) in [4.78, 5) is 4.06. The molecule has 2 aliphatic rings.